The summed E-state index contributed by atoms with van der Waals surface area (Å²) in [6, 6.07) is 12.5. The van der Waals surface area contributed by atoms with Crippen molar-refractivity contribution < 1.29 is 9.84 Å². The molecule has 0 aliphatic rings. The molecule has 2 N–H and O–H groups in total. The predicted molar refractivity (Wildman–Crippen MR) is 119 cm³/mol. The number of ether oxygens (including phenoxy) is 1. The molecular formula is C21H23BrClN3O3. The van der Waals surface area contributed by atoms with E-state index in [9.17, 15) is 9.90 Å². The second-order valence-electron chi connectivity index (χ2n) is 6.83. The molecule has 1 heterocycles. The number of aromatic amines is 1. The minimum Gasteiger partial charge on any atom is -0.491 e. The van der Waals surface area contributed by atoms with Crippen LogP contribution in [0.4, 0.5) is 0 Å². The molecule has 1 unspecified atom stereocenters. The van der Waals surface area contributed by atoms with Gasteiger partial charge >= 0.3 is 0 Å². The van der Waals surface area contributed by atoms with Gasteiger partial charge in [0.15, 0.2) is 0 Å². The summed E-state index contributed by atoms with van der Waals surface area (Å²) in [5.74, 6) is 1.24. The molecule has 0 aliphatic carbocycles. The standard InChI is InChI=1S/C21H23BrClN3O3/c1-2-9-26(11-16(27)13-29-17-6-3-14(22)4-7-17)12-20-24-19-10-15(23)5-8-18(19)21(28)25-20/h3-8,10,16,27H,2,9,11-13H2,1H3,(H,24,25,28). The Bertz CT molecular complexity index is 1010. The molecule has 1 atom stereocenters. The third-order valence-corrected chi connectivity index (χ3v) is 5.12. The van der Waals surface area contributed by atoms with Crippen molar-refractivity contribution in [3.63, 3.8) is 0 Å². The molecule has 0 spiro atoms. The summed E-state index contributed by atoms with van der Waals surface area (Å²) in [6.45, 7) is 3.82. The van der Waals surface area contributed by atoms with Crippen molar-refractivity contribution in [2.45, 2.75) is 26.0 Å². The summed E-state index contributed by atoms with van der Waals surface area (Å²) in [5.41, 5.74) is 0.365. The first-order valence-corrected chi connectivity index (χ1v) is 10.6. The third kappa shape index (κ3) is 6.27. The van der Waals surface area contributed by atoms with E-state index in [0.717, 1.165) is 17.4 Å². The number of hydrogen-bond donors (Lipinski definition) is 2. The van der Waals surface area contributed by atoms with E-state index >= 15 is 0 Å². The largest absolute Gasteiger partial charge is 0.491 e. The van der Waals surface area contributed by atoms with Gasteiger partial charge in [0.25, 0.3) is 5.56 Å². The molecule has 0 saturated heterocycles. The van der Waals surface area contributed by atoms with Gasteiger partial charge in [-0.3, -0.25) is 9.69 Å². The van der Waals surface area contributed by atoms with Gasteiger partial charge in [0.2, 0.25) is 0 Å². The summed E-state index contributed by atoms with van der Waals surface area (Å²) in [7, 11) is 0. The first kappa shape index (κ1) is 21.8. The highest BCUT2D eigenvalue weighted by atomic mass is 79.9. The monoisotopic (exact) mass is 479 g/mol. The molecule has 2 aromatic carbocycles. The van der Waals surface area contributed by atoms with Gasteiger partial charge in [0, 0.05) is 16.0 Å². The molecule has 0 amide bonds. The Labute approximate surface area is 182 Å². The number of aromatic nitrogens is 2. The quantitative estimate of drug-likeness (QED) is 0.484. The number of aliphatic hydroxyl groups is 1. The van der Waals surface area contributed by atoms with Crippen LogP contribution in [0.1, 0.15) is 19.2 Å². The number of aliphatic hydroxyl groups excluding tert-OH is 1. The molecule has 154 valence electrons. The minimum atomic E-state index is -0.674. The van der Waals surface area contributed by atoms with E-state index in [0.29, 0.717) is 40.6 Å². The van der Waals surface area contributed by atoms with E-state index in [2.05, 4.69) is 32.8 Å². The zero-order chi connectivity index (χ0) is 20.8. The van der Waals surface area contributed by atoms with Crippen LogP contribution in [0.15, 0.2) is 51.7 Å². The first-order chi connectivity index (χ1) is 13.9. The summed E-state index contributed by atoms with van der Waals surface area (Å²) in [4.78, 5) is 21.7. The number of nitrogens with one attached hydrogen (secondary N) is 1. The second kappa shape index (κ2) is 10.2. The highest BCUT2D eigenvalue weighted by Gasteiger charge is 2.15. The van der Waals surface area contributed by atoms with Crippen LogP contribution in [0.5, 0.6) is 5.75 Å². The lowest BCUT2D eigenvalue weighted by atomic mass is 10.2. The Morgan fingerprint density at radius 3 is 2.76 bits per heavy atom. The lowest BCUT2D eigenvalue weighted by molar-refractivity contribution is 0.0647. The number of halogens is 2. The van der Waals surface area contributed by atoms with E-state index in [4.69, 9.17) is 16.3 Å². The topological polar surface area (TPSA) is 78.5 Å². The second-order valence-corrected chi connectivity index (χ2v) is 8.18. The maximum absolute atomic E-state index is 12.3. The zero-order valence-electron chi connectivity index (χ0n) is 16.1. The van der Waals surface area contributed by atoms with Crippen LogP contribution in [-0.4, -0.2) is 45.8 Å². The number of H-pyrrole nitrogens is 1. The van der Waals surface area contributed by atoms with Crippen LogP contribution in [0.2, 0.25) is 5.02 Å². The highest BCUT2D eigenvalue weighted by molar-refractivity contribution is 9.10. The molecular weight excluding hydrogens is 458 g/mol. The van der Waals surface area contributed by atoms with Crippen molar-refractivity contribution in [3.05, 3.63) is 68.1 Å². The summed E-state index contributed by atoms with van der Waals surface area (Å²) in [5, 5.41) is 11.5. The number of fused-ring (bicyclic) bond motifs is 1. The van der Waals surface area contributed by atoms with Gasteiger partial charge in [-0.05, 0) is 55.4 Å². The molecule has 0 bridgehead atoms. The maximum atomic E-state index is 12.3. The molecule has 29 heavy (non-hydrogen) atoms. The fourth-order valence-corrected chi connectivity index (χ4v) is 3.50. The van der Waals surface area contributed by atoms with Crippen molar-refractivity contribution in [1.82, 2.24) is 14.9 Å². The molecule has 0 saturated carbocycles. The molecule has 0 fully saturated rings. The van der Waals surface area contributed by atoms with Crippen molar-refractivity contribution in [2.24, 2.45) is 0 Å². The van der Waals surface area contributed by atoms with Crippen LogP contribution in [-0.2, 0) is 6.54 Å². The minimum absolute atomic E-state index is 0.180. The molecule has 3 rings (SSSR count). The van der Waals surface area contributed by atoms with Crippen LogP contribution in [0.25, 0.3) is 10.9 Å². The van der Waals surface area contributed by atoms with Gasteiger partial charge in [-0.2, -0.15) is 0 Å². The number of nitrogens with zero attached hydrogens (tertiary/aromatic N) is 2. The highest BCUT2D eigenvalue weighted by Crippen LogP contribution is 2.17. The van der Waals surface area contributed by atoms with Gasteiger partial charge in [0.1, 0.15) is 24.3 Å². The van der Waals surface area contributed by atoms with Crippen molar-refractivity contribution in [1.29, 1.82) is 0 Å². The third-order valence-electron chi connectivity index (χ3n) is 4.36. The van der Waals surface area contributed by atoms with Crippen LogP contribution in [0, 0.1) is 0 Å². The molecule has 1 aromatic heterocycles. The summed E-state index contributed by atoms with van der Waals surface area (Å²) >= 11 is 9.41. The fourth-order valence-electron chi connectivity index (χ4n) is 3.07. The van der Waals surface area contributed by atoms with Gasteiger partial charge in [-0.15, -0.1) is 0 Å². The van der Waals surface area contributed by atoms with Crippen LogP contribution < -0.4 is 10.3 Å². The lowest BCUT2D eigenvalue weighted by Gasteiger charge is -2.24. The SMILES string of the molecule is CCCN(Cc1nc2cc(Cl)ccc2c(=O)[nH]1)CC(O)COc1ccc(Br)cc1. The first-order valence-electron chi connectivity index (χ1n) is 9.42. The Morgan fingerprint density at radius 2 is 2.03 bits per heavy atom. The zero-order valence-corrected chi connectivity index (χ0v) is 18.4. The molecule has 8 heteroatoms. The number of hydrogen-bond acceptors (Lipinski definition) is 5. The van der Waals surface area contributed by atoms with Crippen molar-refractivity contribution in [3.8, 4) is 5.75 Å². The average Bonchev–Trinajstić information content (AvgIpc) is 2.67. The van der Waals surface area contributed by atoms with Crippen molar-refractivity contribution >= 4 is 38.4 Å². The van der Waals surface area contributed by atoms with Gasteiger partial charge in [-0.25, -0.2) is 4.98 Å². The molecule has 3 aromatic rings. The predicted octanol–water partition coefficient (Wildman–Crippen LogP) is 3.99. The van der Waals surface area contributed by atoms with Crippen molar-refractivity contribution in [2.75, 3.05) is 19.7 Å². The maximum Gasteiger partial charge on any atom is 0.258 e. The van der Waals surface area contributed by atoms with Gasteiger partial charge in [0.05, 0.1) is 17.4 Å². The normalized spacial score (nSPS) is 12.4. The Hall–Kier alpha value is -1.93. The fraction of sp³-hybridized carbons (Fsp3) is 0.333. The lowest BCUT2D eigenvalue weighted by Crippen LogP contribution is -2.36. The van der Waals surface area contributed by atoms with E-state index in [1.807, 2.05) is 29.2 Å². The number of rotatable bonds is 9. The van der Waals surface area contributed by atoms with E-state index in [1.165, 1.54) is 0 Å². The summed E-state index contributed by atoms with van der Waals surface area (Å²) in [6.07, 6.45) is 0.232. The van der Waals surface area contributed by atoms with Gasteiger partial charge < -0.3 is 14.8 Å². The summed E-state index contributed by atoms with van der Waals surface area (Å²) < 4.78 is 6.63. The van der Waals surface area contributed by atoms with E-state index < -0.39 is 6.10 Å². The Balaban J connectivity index is 1.65. The Kier molecular flexibility index (Phi) is 7.66. The van der Waals surface area contributed by atoms with Crippen LogP contribution in [0.3, 0.4) is 0 Å². The van der Waals surface area contributed by atoms with Crippen LogP contribution >= 0.6 is 27.5 Å². The molecule has 0 radical (unpaired) electrons. The van der Waals surface area contributed by atoms with E-state index in [-0.39, 0.29) is 12.2 Å². The smallest absolute Gasteiger partial charge is 0.258 e. The van der Waals surface area contributed by atoms with E-state index in [1.54, 1.807) is 18.2 Å². The number of benzene rings is 2. The molecule has 0 aliphatic heterocycles. The average molecular weight is 481 g/mol. The molecule has 6 nitrogen and oxygen atoms in total. The van der Waals surface area contributed by atoms with Gasteiger partial charge in [-0.1, -0.05) is 34.5 Å². The Morgan fingerprint density at radius 1 is 1.28 bits per heavy atom.